The second kappa shape index (κ2) is 12.0. The first kappa shape index (κ1) is 29.9. The van der Waals surface area contributed by atoms with E-state index < -0.39 is 10.8 Å². The number of H-pyrrole nitrogens is 1. The number of aromatic nitrogens is 1. The maximum Gasteiger partial charge on any atom is 0.279 e. The zero-order valence-corrected chi connectivity index (χ0v) is 25.2. The summed E-state index contributed by atoms with van der Waals surface area (Å²) in [5.41, 5.74) is 2.02. The number of non-ortho nitro benzene ring substituents is 1. The predicted molar refractivity (Wildman–Crippen MR) is 165 cm³/mol. The smallest absolute Gasteiger partial charge is 0.279 e. The van der Waals surface area contributed by atoms with Crippen LogP contribution < -0.4 is 24.4 Å². The lowest BCUT2D eigenvalue weighted by Gasteiger charge is -2.17. The number of alkyl halides is 1. The first-order valence-electron chi connectivity index (χ1n) is 13.5. The highest BCUT2D eigenvalue weighted by Gasteiger charge is 2.37. The van der Waals surface area contributed by atoms with Crippen LogP contribution >= 0.6 is 11.6 Å². The number of likely N-dealkylation sites (N-methyl/N-ethyl adjacent to an activating group) is 1. The van der Waals surface area contributed by atoms with Crippen LogP contribution in [0.3, 0.4) is 0 Å². The number of benzene rings is 3. The topological polar surface area (TPSA) is 139 Å². The summed E-state index contributed by atoms with van der Waals surface area (Å²) in [5.74, 6) is 0.312. The van der Waals surface area contributed by atoms with Crippen LogP contribution in [0.1, 0.15) is 32.3 Å². The van der Waals surface area contributed by atoms with Crippen molar-refractivity contribution in [2.75, 3.05) is 65.8 Å². The van der Waals surface area contributed by atoms with E-state index in [1.807, 2.05) is 19.0 Å². The van der Waals surface area contributed by atoms with E-state index in [2.05, 4.69) is 10.3 Å². The minimum atomic E-state index is -0.484. The van der Waals surface area contributed by atoms with Gasteiger partial charge in [0.15, 0.2) is 11.5 Å². The van der Waals surface area contributed by atoms with Crippen molar-refractivity contribution in [1.82, 2.24) is 15.2 Å². The molecule has 13 heteroatoms. The molecule has 226 valence electrons. The molecular formula is C30H32ClN5O7. The van der Waals surface area contributed by atoms with Crippen LogP contribution in [0.25, 0.3) is 21.7 Å². The monoisotopic (exact) mass is 609 g/mol. The number of amides is 2. The molecule has 0 saturated carbocycles. The molecule has 0 fully saturated rings. The summed E-state index contributed by atoms with van der Waals surface area (Å²) in [5, 5.41) is 16.6. The molecule has 2 heterocycles. The van der Waals surface area contributed by atoms with Gasteiger partial charge >= 0.3 is 0 Å². The highest BCUT2D eigenvalue weighted by atomic mass is 35.5. The molecule has 1 atom stereocenters. The highest BCUT2D eigenvalue weighted by molar-refractivity contribution is 6.19. The SMILES string of the molecule is COc1cc2cc(C(=O)N3CC(CCl)c4c3cc([N+](=O)[O-])c3ccc(C(=O)NCCN(C)C)cc43)[nH]c2c(OC)c1OC. The average Bonchev–Trinajstić information content (AvgIpc) is 3.60. The predicted octanol–water partition coefficient (Wildman–Crippen LogP) is 4.53. The lowest BCUT2D eigenvalue weighted by atomic mass is 9.93. The Kier molecular flexibility index (Phi) is 8.34. The maximum atomic E-state index is 14.0. The van der Waals surface area contributed by atoms with Crippen molar-refractivity contribution < 1.29 is 28.7 Å². The molecule has 0 radical (unpaired) electrons. The van der Waals surface area contributed by atoms with Crippen LogP contribution in [0, 0.1) is 10.1 Å². The normalized spacial score (nSPS) is 14.3. The number of fused-ring (bicyclic) bond motifs is 4. The van der Waals surface area contributed by atoms with E-state index >= 15 is 0 Å². The van der Waals surface area contributed by atoms with Gasteiger partial charge in [0.25, 0.3) is 17.5 Å². The molecule has 2 N–H and O–H groups in total. The van der Waals surface area contributed by atoms with Crippen molar-refractivity contribution in [2.45, 2.75) is 5.92 Å². The number of nitro groups is 1. The Labute approximate surface area is 252 Å². The molecule has 0 aliphatic carbocycles. The molecule has 1 aromatic heterocycles. The summed E-state index contributed by atoms with van der Waals surface area (Å²) in [7, 11) is 8.30. The van der Waals surface area contributed by atoms with Gasteiger partial charge in [0.05, 0.1) is 42.8 Å². The molecule has 43 heavy (non-hydrogen) atoms. The first-order chi connectivity index (χ1) is 20.6. The van der Waals surface area contributed by atoms with Crippen molar-refractivity contribution in [3.63, 3.8) is 0 Å². The average molecular weight is 610 g/mol. The maximum absolute atomic E-state index is 14.0. The molecule has 0 spiro atoms. The fourth-order valence-corrected chi connectivity index (χ4v) is 5.84. The second-order valence-electron chi connectivity index (χ2n) is 10.5. The van der Waals surface area contributed by atoms with Crippen LogP contribution in [0.15, 0.2) is 36.4 Å². The Morgan fingerprint density at radius 3 is 2.47 bits per heavy atom. The lowest BCUT2D eigenvalue weighted by Crippen LogP contribution is -2.31. The summed E-state index contributed by atoms with van der Waals surface area (Å²) >= 11 is 6.42. The Hall–Kier alpha value is -4.55. The molecule has 1 unspecified atom stereocenters. The number of carbonyl (C=O) groups is 2. The number of hydrogen-bond donors (Lipinski definition) is 2. The minimum Gasteiger partial charge on any atom is -0.493 e. The minimum absolute atomic E-state index is 0.165. The molecule has 3 aromatic carbocycles. The summed E-state index contributed by atoms with van der Waals surface area (Å²) in [6.07, 6.45) is 0. The van der Waals surface area contributed by atoms with Gasteiger partial charge in [0.1, 0.15) is 5.69 Å². The number of methoxy groups -OCH3 is 3. The van der Waals surface area contributed by atoms with Crippen molar-refractivity contribution in [3.05, 3.63) is 63.3 Å². The van der Waals surface area contributed by atoms with E-state index in [-0.39, 0.29) is 35.6 Å². The van der Waals surface area contributed by atoms with E-state index in [0.29, 0.717) is 68.8 Å². The second-order valence-corrected chi connectivity index (χ2v) is 10.8. The number of halogens is 1. The van der Waals surface area contributed by atoms with Gasteiger partial charge in [0.2, 0.25) is 5.75 Å². The van der Waals surface area contributed by atoms with E-state index in [1.54, 1.807) is 30.3 Å². The Morgan fingerprint density at radius 1 is 1.09 bits per heavy atom. The Morgan fingerprint density at radius 2 is 1.84 bits per heavy atom. The highest BCUT2D eigenvalue weighted by Crippen LogP contribution is 2.47. The van der Waals surface area contributed by atoms with E-state index in [9.17, 15) is 19.7 Å². The number of anilines is 1. The van der Waals surface area contributed by atoms with Gasteiger partial charge in [0, 0.05) is 48.4 Å². The van der Waals surface area contributed by atoms with Crippen LogP contribution in [-0.2, 0) is 0 Å². The number of nitrogens with zero attached hydrogens (tertiary/aromatic N) is 3. The molecule has 0 bridgehead atoms. The summed E-state index contributed by atoms with van der Waals surface area (Å²) in [4.78, 5) is 45.2. The fraction of sp³-hybridized carbons (Fsp3) is 0.333. The zero-order chi connectivity index (χ0) is 31.0. The van der Waals surface area contributed by atoms with Gasteiger partial charge < -0.3 is 34.3 Å². The van der Waals surface area contributed by atoms with Gasteiger partial charge in [-0.2, -0.15) is 0 Å². The summed E-state index contributed by atoms with van der Waals surface area (Å²) in [6, 6.07) is 9.60. The number of nitro benzene ring substituents is 1. The number of nitrogens with one attached hydrogen (secondary N) is 2. The number of aromatic amines is 1. The van der Waals surface area contributed by atoms with Gasteiger partial charge in [-0.3, -0.25) is 19.7 Å². The van der Waals surface area contributed by atoms with E-state index in [0.717, 1.165) is 0 Å². The van der Waals surface area contributed by atoms with Crippen LogP contribution in [0.5, 0.6) is 17.2 Å². The van der Waals surface area contributed by atoms with Gasteiger partial charge in [-0.1, -0.05) is 0 Å². The molecule has 1 aliphatic rings. The summed E-state index contributed by atoms with van der Waals surface area (Å²) < 4.78 is 16.5. The van der Waals surface area contributed by atoms with Gasteiger partial charge in [-0.15, -0.1) is 11.6 Å². The molecule has 5 rings (SSSR count). The van der Waals surface area contributed by atoms with Crippen molar-refractivity contribution in [2.24, 2.45) is 0 Å². The van der Waals surface area contributed by atoms with Crippen LogP contribution in [0.2, 0.25) is 0 Å². The molecule has 2 amide bonds. The number of carbonyl (C=O) groups excluding carboxylic acids is 2. The third-order valence-corrected chi connectivity index (χ3v) is 7.99. The van der Waals surface area contributed by atoms with Gasteiger partial charge in [-0.05, 0) is 55.4 Å². The van der Waals surface area contributed by atoms with Crippen molar-refractivity contribution in [3.8, 4) is 17.2 Å². The Bertz CT molecular complexity index is 1750. The van der Waals surface area contributed by atoms with Crippen molar-refractivity contribution in [1.29, 1.82) is 0 Å². The number of ether oxygens (including phenoxy) is 3. The standard InChI is InChI=1S/C30H32ClN5O7/c1-34(2)9-8-32-29(37)16-6-7-19-20(10-16)25-18(14-31)15-35(23(25)13-22(19)36(39)40)30(38)21-11-17-12-24(41-3)27(42-4)28(43-5)26(17)33-21/h6-7,10-13,18,33H,8-9,14-15H2,1-5H3,(H,32,37). The van der Waals surface area contributed by atoms with E-state index in [1.165, 1.54) is 32.3 Å². The quantitative estimate of drug-likeness (QED) is 0.152. The van der Waals surface area contributed by atoms with Crippen LogP contribution in [0.4, 0.5) is 11.4 Å². The van der Waals surface area contributed by atoms with E-state index in [4.69, 9.17) is 25.8 Å². The molecule has 12 nitrogen and oxygen atoms in total. The zero-order valence-electron chi connectivity index (χ0n) is 24.4. The van der Waals surface area contributed by atoms with Crippen LogP contribution in [-0.4, -0.2) is 87.6 Å². The van der Waals surface area contributed by atoms with Gasteiger partial charge in [-0.25, -0.2) is 0 Å². The Balaban J connectivity index is 1.62. The molecule has 1 aliphatic heterocycles. The lowest BCUT2D eigenvalue weighted by molar-refractivity contribution is -0.383. The number of hydrogen-bond acceptors (Lipinski definition) is 8. The van der Waals surface area contributed by atoms with Crippen molar-refractivity contribution >= 4 is 56.5 Å². The fourth-order valence-electron chi connectivity index (χ4n) is 5.59. The molecule has 4 aromatic rings. The number of rotatable bonds is 10. The third-order valence-electron chi connectivity index (χ3n) is 7.62. The third kappa shape index (κ3) is 5.28. The first-order valence-corrected chi connectivity index (χ1v) is 14.0. The molecule has 0 saturated heterocycles. The largest absolute Gasteiger partial charge is 0.493 e. The summed E-state index contributed by atoms with van der Waals surface area (Å²) in [6.45, 7) is 1.30. The molecular weight excluding hydrogens is 578 g/mol.